The molecule has 0 aliphatic carbocycles. The maximum atomic E-state index is 11.9. The van der Waals surface area contributed by atoms with Gasteiger partial charge in [-0.15, -0.1) is 0 Å². The number of fused-ring (bicyclic) bond motifs is 1. The van der Waals surface area contributed by atoms with Gasteiger partial charge >= 0.3 is 6.09 Å². The maximum absolute atomic E-state index is 11.9. The Morgan fingerprint density at radius 2 is 1.52 bits per heavy atom. The number of amides is 1. The van der Waals surface area contributed by atoms with Crippen LogP contribution < -0.4 is 18.9 Å². The van der Waals surface area contributed by atoms with Crippen molar-refractivity contribution >= 4 is 16.9 Å². The quantitative estimate of drug-likeness (QED) is 0.165. The van der Waals surface area contributed by atoms with Crippen LogP contribution in [0.1, 0.15) is 29.0 Å². The van der Waals surface area contributed by atoms with Crippen LogP contribution in [0.25, 0.3) is 10.8 Å². The van der Waals surface area contributed by atoms with Crippen molar-refractivity contribution in [3.63, 3.8) is 0 Å². The minimum atomic E-state index is -1.10. The summed E-state index contributed by atoms with van der Waals surface area (Å²) < 4.78 is 34.9. The van der Waals surface area contributed by atoms with Crippen LogP contribution in [-0.4, -0.2) is 81.0 Å². The fraction of sp³-hybridized carbons (Fsp3) is 0.361. The fourth-order valence-corrected chi connectivity index (χ4v) is 5.97. The molecule has 1 aliphatic rings. The summed E-state index contributed by atoms with van der Waals surface area (Å²) in [6.45, 7) is 1.71. The van der Waals surface area contributed by atoms with Crippen molar-refractivity contribution < 1.29 is 43.4 Å². The van der Waals surface area contributed by atoms with Crippen LogP contribution in [0.15, 0.2) is 78.9 Å². The normalized spacial score (nSPS) is 17.9. The average molecular weight is 632 g/mol. The number of nitrogens with zero attached hydrogens (tertiary/aromatic N) is 1. The lowest BCUT2D eigenvalue weighted by Crippen LogP contribution is -2.53. The van der Waals surface area contributed by atoms with Crippen LogP contribution in [0.2, 0.25) is 0 Å². The number of piperidine rings is 1. The van der Waals surface area contributed by atoms with Gasteiger partial charge < -0.3 is 43.5 Å². The van der Waals surface area contributed by atoms with E-state index < -0.39 is 24.2 Å². The molecule has 1 fully saturated rings. The van der Waals surface area contributed by atoms with Gasteiger partial charge in [-0.25, -0.2) is 4.79 Å². The first-order valence-corrected chi connectivity index (χ1v) is 15.3. The zero-order chi connectivity index (χ0) is 32.5. The molecule has 4 aromatic carbocycles. The number of hydrogen-bond donors (Lipinski definition) is 2. The van der Waals surface area contributed by atoms with E-state index in [4.69, 9.17) is 28.4 Å². The molecule has 3 unspecified atom stereocenters. The van der Waals surface area contributed by atoms with Gasteiger partial charge in [0, 0.05) is 34.2 Å². The topological polar surface area (TPSA) is 116 Å². The Bertz CT molecular complexity index is 1590. The molecule has 0 radical (unpaired) electrons. The highest BCUT2D eigenvalue weighted by Gasteiger charge is 2.39. The van der Waals surface area contributed by atoms with Gasteiger partial charge in [-0.3, -0.25) is 0 Å². The molecule has 2 N–H and O–H groups in total. The number of carboxylic acid groups (broad SMARTS) is 1. The highest BCUT2D eigenvalue weighted by Crippen LogP contribution is 2.38. The number of β-amino-alcohol motifs (C(OH)–C–C–N with tert-alkyl or cyclic N) is 1. The van der Waals surface area contributed by atoms with Crippen LogP contribution in [0, 0.1) is 0 Å². The molecule has 0 bridgehead atoms. The average Bonchev–Trinajstić information content (AvgIpc) is 3.08. The molecule has 10 heteroatoms. The third kappa shape index (κ3) is 7.64. The van der Waals surface area contributed by atoms with E-state index in [0.29, 0.717) is 43.5 Å². The minimum absolute atomic E-state index is 0.0138. The zero-order valence-corrected chi connectivity index (χ0v) is 26.4. The first-order chi connectivity index (χ1) is 22.4. The number of carbonyl (C=O) groups is 1. The molecular formula is C36H41NO9. The van der Waals surface area contributed by atoms with Crippen molar-refractivity contribution in [2.75, 3.05) is 47.6 Å². The number of benzene rings is 4. The molecule has 4 aromatic rings. The Labute approximate surface area is 269 Å². The monoisotopic (exact) mass is 631 g/mol. The number of aliphatic hydroxyl groups excluding tert-OH is 1. The second kappa shape index (κ2) is 15.7. The standard InChI is InChI=1S/C36H41NO9/c1-41-31-12-7-4-9-25(31)22-44-17-8-18-45-27-15-13-24(14-16-27)34-30(38)20-37(36(39)40)21-33(34)46-23-26-19-32(42-2)28-10-5-6-11-29(28)35(26)43-3/h4-7,9-16,19,30,33-34,38H,8,17-18,20-23H2,1-3H3,(H,39,40). The van der Waals surface area contributed by atoms with Crippen molar-refractivity contribution in [1.82, 2.24) is 4.90 Å². The van der Waals surface area contributed by atoms with Crippen LogP contribution >= 0.6 is 0 Å². The van der Waals surface area contributed by atoms with Gasteiger partial charge in [0.2, 0.25) is 0 Å². The summed E-state index contributed by atoms with van der Waals surface area (Å²) >= 11 is 0. The first kappa shape index (κ1) is 32.9. The Morgan fingerprint density at radius 1 is 0.804 bits per heavy atom. The SMILES string of the molecule is COc1ccccc1COCCCOc1ccc(C2C(O)CN(C(=O)O)CC2OCc2cc(OC)c3ccccc3c2OC)cc1. The van der Waals surface area contributed by atoms with E-state index in [0.717, 1.165) is 33.2 Å². The molecule has 1 aliphatic heterocycles. The van der Waals surface area contributed by atoms with Gasteiger partial charge in [-0.05, 0) is 29.8 Å². The van der Waals surface area contributed by atoms with E-state index in [9.17, 15) is 15.0 Å². The van der Waals surface area contributed by atoms with Crippen molar-refractivity contribution in [2.45, 2.75) is 37.8 Å². The van der Waals surface area contributed by atoms with E-state index in [2.05, 4.69) is 0 Å². The third-order valence-corrected chi connectivity index (χ3v) is 8.22. The Balaban J connectivity index is 1.23. The number of para-hydroxylation sites is 1. The van der Waals surface area contributed by atoms with E-state index in [-0.39, 0.29) is 19.7 Å². The molecule has 0 aromatic heterocycles. The molecule has 244 valence electrons. The lowest BCUT2D eigenvalue weighted by atomic mass is 9.84. The highest BCUT2D eigenvalue weighted by atomic mass is 16.5. The van der Waals surface area contributed by atoms with Gasteiger partial charge in [0.25, 0.3) is 0 Å². The summed E-state index contributed by atoms with van der Waals surface area (Å²) in [6.07, 6.45) is -1.97. The Hall–Kier alpha value is -4.51. The lowest BCUT2D eigenvalue weighted by molar-refractivity contribution is -0.0662. The van der Waals surface area contributed by atoms with Crippen molar-refractivity contribution in [2.24, 2.45) is 0 Å². The second-order valence-electron chi connectivity index (χ2n) is 11.1. The number of aliphatic hydroxyl groups is 1. The number of rotatable bonds is 14. The van der Waals surface area contributed by atoms with Crippen molar-refractivity contribution in [3.8, 4) is 23.0 Å². The number of ether oxygens (including phenoxy) is 6. The van der Waals surface area contributed by atoms with Gasteiger partial charge in [-0.1, -0.05) is 54.6 Å². The Kier molecular flexibility index (Phi) is 11.2. The summed E-state index contributed by atoms with van der Waals surface area (Å²) in [6, 6.07) is 24.9. The molecule has 5 rings (SSSR count). The summed E-state index contributed by atoms with van der Waals surface area (Å²) in [4.78, 5) is 13.1. The lowest BCUT2D eigenvalue weighted by Gasteiger charge is -2.40. The first-order valence-electron chi connectivity index (χ1n) is 15.3. The number of methoxy groups -OCH3 is 3. The largest absolute Gasteiger partial charge is 0.496 e. The van der Waals surface area contributed by atoms with Crippen molar-refractivity contribution in [1.29, 1.82) is 0 Å². The smallest absolute Gasteiger partial charge is 0.407 e. The molecule has 0 spiro atoms. The summed E-state index contributed by atoms with van der Waals surface area (Å²) in [5.74, 6) is 2.38. The zero-order valence-electron chi connectivity index (χ0n) is 26.4. The summed E-state index contributed by atoms with van der Waals surface area (Å²) in [5.41, 5.74) is 2.59. The number of hydrogen-bond acceptors (Lipinski definition) is 8. The second-order valence-corrected chi connectivity index (χ2v) is 11.1. The minimum Gasteiger partial charge on any atom is -0.496 e. The molecule has 46 heavy (non-hydrogen) atoms. The fourth-order valence-electron chi connectivity index (χ4n) is 5.97. The van der Waals surface area contributed by atoms with Crippen LogP contribution in [0.3, 0.4) is 0 Å². The summed E-state index contributed by atoms with van der Waals surface area (Å²) in [7, 11) is 4.86. The molecule has 1 amide bonds. The molecule has 0 saturated carbocycles. The van der Waals surface area contributed by atoms with E-state index in [1.165, 1.54) is 4.90 Å². The molecular weight excluding hydrogens is 590 g/mol. The number of likely N-dealkylation sites (tertiary alicyclic amines) is 1. The van der Waals surface area contributed by atoms with Gasteiger partial charge in [0.15, 0.2) is 0 Å². The predicted molar refractivity (Wildman–Crippen MR) is 173 cm³/mol. The highest BCUT2D eigenvalue weighted by molar-refractivity contribution is 5.94. The van der Waals surface area contributed by atoms with Gasteiger partial charge in [0.05, 0.1) is 73.1 Å². The van der Waals surface area contributed by atoms with E-state index >= 15 is 0 Å². The molecule has 1 heterocycles. The molecule has 10 nitrogen and oxygen atoms in total. The molecule has 1 saturated heterocycles. The Morgan fingerprint density at radius 3 is 2.24 bits per heavy atom. The predicted octanol–water partition coefficient (Wildman–Crippen LogP) is 5.87. The third-order valence-electron chi connectivity index (χ3n) is 8.22. The van der Waals surface area contributed by atoms with Crippen LogP contribution in [-0.2, 0) is 22.7 Å². The summed E-state index contributed by atoms with van der Waals surface area (Å²) in [5, 5.41) is 22.7. The van der Waals surface area contributed by atoms with E-state index in [1.54, 1.807) is 21.3 Å². The van der Waals surface area contributed by atoms with Crippen LogP contribution in [0.5, 0.6) is 23.0 Å². The van der Waals surface area contributed by atoms with Gasteiger partial charge in [-0.2, -0.15) is 0 Å². The maximum Gasteiger partial charge on any atom is 0.407 e. The van der Waals surface area contributed by atoms with Gasteiger partial charge in [0.1, 0.15) is 23.0 Å². The van der Waals surface area contributed by atoms with Crippen LogP contribution in [0.4, 0.5) is 4.79 Å². The molecule has 3 atom stereocenters. The van der Waals surface area contributed by atoms with E-state index in [1.807, 2.05) is 78.9 Å². The van der Waals surface area contributed by atoms with Crippen molar-refractivity contribution in [3.05, 3.63) is 95.6 Å².